The van der Waals surface area contributed by atoms with Crippen molar-refractivity contribution in [2.24, 2.45) is 0 Å². The van der Waals surface area contributed by atoms with E-state index in [9.17, 15) is 4.79 Å². The Bertz CT molecular complexity index is 195. The third kappa shape index (κ3) is 10.9. The number of unbranched alkanes of at least 4 members (excludes halogenated alkanes) is 4. The van der Waals surface area contributed by atoms with Crippen LogP contribution in [0.5, 0.6) is 0 Å². The van der Waals surface area contributed by atoms with Crippen molar-refractivity contribution in [2.45, 2.75) is 45.4 Å². The van der Waals surface area contributed by atoms with E-state index >= 15 is 0 Å². The van der Waals surface area contributed by atoms with Gasteiger partial charge in [-0.25, -0.2) is 4.79 Å². The van der Waals surface area contributed by atoms with Gasteiger partial charge in [-0.1, -0.05) is 38.5 Å². The molecule has 0 saturated heterocycles. The highest BCUT2D eigenvalue weighted by Gasteiger charge is 1.92. The molecular weight excluding hydrogens is 188 g/mol. The predicted octanol–water partition coefficient (Wildman–Crippen LogP) is 3.63. The highest BCUT2D eigenvalue weighted by molar-refractivity contribution is 5.81. The Labute approximate surface area is 93.0 Å². The van der Waals surface area contributed by atoms with Gasteiger partial charge in [0.15, 0.2) is 0 Å². The van der Waals surface area contributed by atoms with E-state index in [1.807, 2.05) is 0 Å². The van der Waals surface area contributed by atoms with Gasteiger partial charge in [0.05, 0.1) is 6.61 Å². The fourth-order valence-electron chi connectivity index (χ4n) is 1.18. The molecule has 0 rings (SSSR count). The number of hydrogen-bond acceptors (Lipinski definition) is 2. The van der Waals surface area contributed by atoms with Crippen LogP contribution in [0, 0.1) is 0 Å². The van der Waals surface area contributed by atoms with Crippen LogP contribution in [0.3, 0.4) is 0 Å². The minimum Gasteiger partial charge on any atom is -0.463 e. The van der Waals surface area contributed by atoms with E-state index in [1.54, 1.807) is 0 Å². The summed E-state index contributed by atoms with van der Waals surface area (Å²) in [5, 5.41) is 0. The zero-order valence-corrected chi connectivity index (χ0v) is 9.71. The fourth-order valence-corrected chi connectivity index (χ4v) is 1.18. The van der Waals surface area contributed by atoms with Crippen LogP contribution in [-0.2, 0) is 9.53 Å². The van der Waals surface area contributed by atoms with E-state index in [0.717, 1.165) is 12.8 Å². The molecule has 0 unspecified atom stereocenters. The normalized spacial score (nSPS) is 10.5. The first kappa shape index (κ1) is 13.9. The summed E-state index contributed by atoms with van der Waals surface area (Å²) in [6.07, 6.45) is 12.5. The van der Waals surface area contributed by atoms with Crippen molar-refractivity contribution >= 4 is 5.97 Å². The first-order chi connectivity index (χ1) is 7.31. The lowest BCUT2D eigenvalue weighted by molar-refractivity contribution is -0.137. The molecule has 0 aromatic heterocycles. The SMILES string of the molecule is C=CC(=O)OCCC/C=C/CCCCC. The summed E-state index contributed by atoms with van der Waals surface area (Å²) >= 11 is 0. The quantitative estimate of drug-likeness (QED) is 0.251. The van der Waals surface area contributed by atoms with Crippen LogP contribution in [0.2, 0.25) is 0 Å². The maximum atomic E-state index is 10.7. The third-order valence-corrected chi connectivity index (χ3v) is 2.07. The lowest BCUT2D eigenvalue weighted by Crippen LogP contribution is -2.00. The molecule has 0 amide bonds. The van der Waals surface area contributed by atoms with E-state index in [4.69, 9.17) is 4.74 Å². The minimum atomic E-state index is -0.332. The molecule has 0 bridgehead atoms. The molecular formula is C13H22O2. The summed E-state index contributed by atoms with van der Waals surface area (Å²) in [6, 6.07) is 0. The Morgan fingerprint density at radius 1 is 1.20 bits per heavy atom. The van der Waals surface area contributed by atoms with Crippen LogP contribution in [0.1, 0.15) is 45.4 Å². The van der Waals surface area contributed by atoms with Gasteiger partial charge in [-0.2, -0.15) is 0 Å². The van der Waals surface area contributed by atoms with Gasteiger partial charge in [-0.05, 0) is 25.7 Å². The molecule has 2 nitrogen and oxygen atoms in total. The van der Waals surface area contributed by atoms with Gasteiger partial charge in [0.25, 0.3) is 0 Å². The summed E-state index contributed by atoms with van der Waals surface area (Å²) in [5.41, 5.74) is 0. The Morgan fingerprint density at radius 3 is 2.47 bits per heavy atom. The number of esters is 1. The van der Waals surface area contributed by atoms with Crippen LogP contribution in [0.25, 0.3) is 0 Å². The second-order valence-electron chi connectivity index (χ2n) is 3.48. The highest BCUT2D eigenvalue weighted by Crippen LogP contribution is 2.01. The molecule has 0 N–H and O–H groups in total. The average Bonchev–Trinajstić information content (AvgIpc) is 2.26. The molecule has 0 radical (unpaired) electrons. The van der Waals surface area contributed by atoms with Crippen LogP contribution in [0.4, 0.5) is 0 Å². The Hall–Kier alpha value is -1.05. The van der Waals surface area contributed by atoms with Crippen molar-refractivity contribution in [1.82, 2.24) is 0 Å². The Kier molecular flexibility index (Phi) is 10.3. The van der Waals surface area contributed by atoms with Gasteiger partial charge in [0.1, 0.15) is 0 Å². The van der Waals surface area contributed by atoms with Crippen molar-refractivity contribution in [1.29, 1.82) is 0 Å². The van der Waals surface area contributed by atoms with Gasteiger partial charge >= 0.3 is 5.97 Å². The van der Waals surface area contributed by atoms with Gasteiger partial charge in [-0.15, -0.1) is 0 Å². The second kappa shape index (κ2) is 11.0. The first-order valence-electron chi connectivity index (χ1n) is 5.75. The highest BCUT2D eigenvalue weighted by atomic mass is 16.5. The number of carbonyl (C=O) groups is 1. The summed E-state index contributed by atoms with van der Waals surface area (Å²) < 4.78 is 4.85. The summed E-state index contributed by atoms with van der Waals surface area (Å²) in [6.45, 7) is 6.03. The van der Waals surface area contributed by atoms with Crippen molar-refractivity contribution in [2.75, 3.05) is 6.61 Å². The lowest BCUT2D eigenvalue weighted by Gasteiger charge is -1.98. The average molecular weight is 210 g/mol. The minimum absolute atomic E-state index is 0.332. The third-order valence-electron chi connectivity index (χ3n) is 2.07. The standard InChI is InChI=1S/C13H22O2/c1-3-5-6-7-8-9-10-11-12-15-13(14)4-2/h4,8-9H,2-3,5-7,10-12H2,1H3/b9-8+. The van der Waals surface area contributed by atoms with Crippen LogP contribution >= 0.6 is 0 Å². The smallest absolute Gasteiger partial charge is 0.330 e. The van der Waals surface area contributed by atoms with Gasteiger partial charge in [-0.3, -0.25) is 0 Å². The summed E-state index contributed by atoms with van der Waals surface area (Å²) in [5.74, 6) is -0.332. The van der Waals surface area contributed by atoms with Crippen molar-refractivity contribution in [3.8, 4) is 0 Å². The van der Waals surface area contributed by atoms with E-state index in [1.165, 1.54) is 31.8 Å². The van der Waals surface area contributed by atoms with Crippen LogP contribution in [0.15, 0.2) is 24.8 Å². The zero-order valence-electron chi connectivity index (χ0n) is 9.71. The molecule has 0 aliphatic rings. The summed E-state index contributed by atoms with van der Waals surface area (Å²) in [4.78, 5) is 10.7. The maximum Gasteiger partial charge on any atom is 0.330 e. The molecule has 86 valence electrons. The number of carbonyl (C=O) groups excluding carboxylic acids is 1. The molecule has 0 atom stereocenters. The van der Waals surface area contributed by atoms with E-state index in [-0.39, 0.29) is 5.97 Å². The van der Waals surface area contributed by atoms with E-state index < -0.39 is 0 Å². The predicted molar refractivity (Wildman–Crippen MR) is 63.7 cm³/mol. The molecule has 0 spiro atoms. The molecule has 0 aromatic rings. The molecule has 0 saturated carbocycles. The topological polar surface area (TPSA) is 26.3 Å². The first-order valence-corrected chi connectivity index (χ1v) is 5.75. The van der Waals surface area contributed by atoms with E-state index in [2.05, 4.69) is 25.7 Å². The molecule has 0 fully saturated rings. The van der Waals surface area contributed by atoms with E-state index in [0.29, 0.717) is 6.61 Å². The van der Waals surface area contributed by atoms with Crippen molar-refractivity contribution < 1.29 is 9.53 Å². The van der Waals surface area contributed by atoms with Crippen LogP contribution in [-0.4, -0.2) is 12.6 Å². The Morgan fingerprint density at radius 2 is 1.87 bits per heavy atom. The molecule has 0 heterocycles. The largest absolute Gasteiger partial charge is 0.463 e. The molecule has 0 aromatic carbocycles. The fraction of sp³-hybridized carbons (Fsp3) is 0.615. The number of ether oxygens (including phenoxy) is 1. The Balaban J connectivity index is 3.16. The molecule has 0 aliphatic carbocycles. The van der Waals surface area contributed by atoms with Crippen LogP contribution < -0.4 is 0 Å². The lowest BCUT2D eigenvalue weighted by atomic mass is 10.2. The van der Waals surface area contributed by atoms with Gasteiger partial charge < -0.3 is 4.74 Å². The molecule has 15 heavy (non-hydrogen) atoms. The maximum absolute atomic E-state index is 10.7. The number of hydrogen-bond donors (Lipinski definition) is 0. The number of rotatable bonds is 9. The molecule has 0 aliphatic heterocycles. The monoisotopic (exact) mass is 210 g/mol. The number of allylic oxidation sites excluding steroid dienone is 2. The zero-order chi connectivity index (χ0) is 11.4. The van der Waals surface area contributed by atoms with Gasteiger partial charge in [0, 0.05) is 6.08 Å². The molecule has 2 heteroatoms. The summed E-state index contributed by atoms with van der Waals surface area (Å²) in [7, 11) is 0. The second-order valence-corrected chi connectivity index (χ2v) is 3.48. The van der Waals surface area contributed by atoms with Gasteiger partial charge in [0.2, 0.25) is 0 Å². The van der Waals surface area contributed by atoms with Crippen molar-refractivity contribution in [3.63, 3.8) is 0 Å². The van der Waals surface area contributed by atoms with Crippen molar-refractivity contribution in [3.05, 3.63) is 24.8 Å².